The van der Waals surface area contributed by atoms with E-state index in [1.54, 1.807) is 0 Å². The van der Waals surface area contributed by atoms with E-state index in [4.69, 9.17) is 0 Å². The molecule has 0 saturated heterocycles. The van der Waals surface area contributed by atoms with Crippen molar-refractivity contribution in [3.8, 4) is 0 Å². The summed E-state index contributed by atoms with van der Waals surface area (Å²) >= 11 is 0. The molecular formula is C13H12IrN2-2. The summed E-state index contributed by atoms with van der Waals surface area (Å²) in [6.07, 6.45) is 4.32. The molecule has 0 N–H and O–H groups in total. The van der Waals surface area contributed by atoms with Gasteiger partial charge in [-0.1, -0.05) is 18.2 Å². The summed E-state index contributed by atoms with van der Waals surface area (Å²) < 4.78 is 0. The van der Waals surface area contributed by atoms with Gasteiger partial charge in [-0.3, -0.25) is 0 Å². The largest absolute Gasteiger partial charge is 0.510 e. The minimum Gasteiger partial charge on any atom is -0.510 e. The quantitative estimate of drug-likeness (QED) is 0.631. The van der Waals surface area contributed by atoms with E-state index in [0.717, 1.165) is 5.69 Å². The van der Waals surface area contributed by atoms with Crippen LogP contribution in [-0.4, -0.2) is 11.9 Å². The second kappa shape index (κ2) is 4.08. The molecule has 1 aromatic carbocycles. The number of hydrogen-bond acceptors (Lipinski definition) is 2. The van der Waals surface area contributed by atoms with Crippen molar-refractivity contribution in [2.24, 2.45) is 0 Å². The van der Waals surface area contributed by atoms with Crippen LogP contribution in [0.25, 0.3) is 5.57 Å². The molecule has 0 amide bonds. The van der Waals surface area contributed by atoms with Gasteiger partial charge in [0.05, 0.1) is 0 Å². The maximum absolute atomic E-state index is 3.30. The van der Waals surface area contributed by atoms with Crippen LogP contribution < -0.4 is 4.90 Å². The van der Waals surface area contributed by atoms with E-state index in [1.165, 1.54) is 16.8 Å². The molecule has 0 bridgehead atoms. The molecule has 0 fully saturated rings. The molecule has 1 aromatic rings. The van der Waals surface area contributed by atoms with Crippen molar-refractivity contribution in [1.29, 1.82) is 0 Å². The molecule has 0 spiro atoms. The molecule has 2 aliphatic rings. The topological polar surface area (TPSA) is 6.48 Å². The third kappa shape index (κ3) is 1.60. The molecular weight excluding hydrogens is 376 g/mol. The average Bonchev–Trinajstić information content (AvgIpc) is 2.59. The van der Waals surface area contributed by atoms with Crippen molar-refractivity contribution in [3.05, 3.63) is 54.5 Å². The maximum atomic E-state index is 3.30. The first-order valence-corrected chi connectivity index (χ1v) is 5.03. The molecule has 85 valence electrons. The van der Waals surface area contributed by atoms with Crippen molar-refractivity contribution in [1.82, 2.24) is 4.90 Å². The number of fused-ring (bicyclic) bond motifs is 3. The number of benzene rings is 1. The zero-order valence-electron chi connectivity index (χ0n) is 9.19. The average molecular weight is 388 g/mol. The van der Waals surface area contributed by atoms with Crippen molar-refractivity contribution < 1.29 is 20.1 Å². The minimum atomic E-state index is 0. The zero-order chi connectivity index (χ0) is 10.4. The van der Waals surface area contributed by atoms with Gasteiger partial charge in [-0.2, -0.15) is 30.9 Å². The van der Waals surface area contributed by atoms with Gasteiger partial charge in [-0.15, -0.1) is 5.56 Å². The summed E-state index contributed by atoms with van der Waals surface area (Å²) in [4.78, 5) is 4.23. The van der Waals surface area contributed by atoms with Gasteiger partial charge in [0.2, 0.25) is 0 Å². The molecule has 3 heteroatoms. The smallest absolute Gasteiger partial charge is 0.0242 e. The van der Waals surface area contributed by atoms with Crippen LogP contribution in [0.2, 0.25) is 0 Å². The summed E-state index contributed by atoms with van der Waals surface area (Å²) in [6.45, 7) is 4.22. The number of allylic oxidation sites excluding steroid dienone is 2. The van der Waals surface area contributed by atoms with Crippen molar-refractivity contribution in [2.75, 3.05) is 11.9 Å². The van der Waals surface area contributed by atoms with Crippen LogP contribution in [0.15, 0.2) is 36.2 Å². The van der Waals surface area contributed by atoms with Gasteiger partial charge in [-0.05, 0) is 19.3 Å². The van der Waals surface area contributed by atoms with Crippen molar-refractivity contribution in [3.63, 3.8) is 0 Å². The van der Waals surface area contributed by atoms with Gasteiger partial charge in [-0.25, -0.2) is 0 Å². The fourth-order valence-electron chi connectivity index (χ4n) is 2.09. The van der Waals surface area contributed by atoms with Crippen LogP contribution in [0, 0.1) is 12.7 Å². The summed E-state index contributed by atoms with van der Waals surface area (Å²) in [6, 6.07) is 9.43. The molecule has 3 rings (SSSR count). The third-order valence-electron chi connectivity index (χ3n) is 2.78. The first kappa shape index (κ1) is 11.4. The monoisotopic (exact) mass is 389 g/mol. The normalized spacial score (nSPS) is 17.1. The fraction of sp³-hybridized carbons (Fsp3) is 0.154. The Morgan fingerprint density at radius 3 is 3.00 bits per heavy atom. The molecule has 2 nitrogen and oxygen atoms in total. The predicted molar refractivity (Wildman–Crippen MR) is 61.6 cm³/mol. The van der Waals surface area contributed by atoms with Gasteiger partial charge < -0.3 is 9.80 Å². The molecule has 0 aromatic heterocycles. The zero-order valence-corrected chi connectivity index (χ0v) is 11.6. The molecule has 0 aliphatic carbocycles. The Bertz CT molecular complexity index is 477. The summed E-state index contributed by atoms with van der Waals surface area (Å²) in [5, 5.41) is 0. The summed E-state index contributed by atoms with van der Waals surface area (Å²) in [7, 11) is 2.04. The van der Waals surface area contributed by atoms with E-state index >= 15 is 0 Å². The van der Waals surface area contributed by atoms with E-state index < -0.39 is 0 Å². The Morgan fingerprint density at radius 2 is 2.19 bits per heavy atom. The molecule has 0 unspecified atom stereocenters. The first-order valence-electron chi connectivity index (χ1n) is 5.03. The van der Waals surface area contributed by atoms with Gasteiger partial charge in [0.25, 0.3) is 0 Å². The first-order chi connectivity index (χ1) is 7.25. The molecule has 2 heterocycles. The molecule has 2 aliphatic heterocycles. The van der Waals surface area contributed by atoms with Gasteiger partial charge in [0, 0.05) is 25.8 Å². The van der Waals surface area contributed by atoms with E-state index in [1.807, 2.05) is 19.2 Å². The molecule has 16 heavy (non-hydrogen) atoms. The number of hydrogen-bond donors (Lipinski definition) is 0. The van der Waals surface area contributed by atoms with Crippen LogP contribution in [0.5, 0.6) is 0 Å². The van der Waals surface area contributed by atoms with E-state index in [-0.39, 0.29) is 20.1 Å². The van der Waals surface area contributed by atoms with Crippen LogP contribution >= 0.6 is 0 Å². The van der Waals surface area contributed by atoms with Crippen LogP contribution in [0.3, 0.4) is 0 Å². The Balaban J connectivity index is 0.000000963. The number of rotatable bonds is 0. The maximum Gasteiger partial charge on any atom is 0.0242 e. The SMILES string of the molecule is CC1=CC2=CN(C)[CH-]N2c2[c-]cccc21.[Ir]. The Kier molecular flexibility index (Phi) is 2.91. The number of para-hydroxylation sites is 1. The molecule has 0 saturated carbocycles. The number of nitrogens with zero attached hydrogens (tertiary/aromatic N) is 2. The van der Waals surface area contributed by atoms with E-state index in [2.05, 4.69) is 47.8 Å². The standard InChI is InChI=1S/C13H12N2.Ir/c1-10-7-11-8-14(2)9-15(11)13-6-4-3-5-12(10)13;/h3-5,7-9H,1-2H3;/q-2;. The Hall–Kier alpha value is -1.05. The summed E-state index contributed by atoms with van der Waals surface area (Å²) in [5.41, 5.74) is 4.92. The fourth-order valence-corrected chi connectivity index (χ4v) is 2.09. The molecule has 1 radical (unpaired) electrons. The van der Waals surface area contributed by atoms with E-state index in [0.29, 0.717) is 0 Å². The Morgan fingerprint density at radius 1 is 1.38 bits per heavy atom. The second-order valence-corrected chi connectivity index (χ2v) is 3.96. The predicted octanol–water partition coefficient (Wildman–Crippen LogP) is 2.61. The van der Waals surface area contributed by atoms with Crippen LogP contribution in [0.1, 0.15) is 12.5 Å². The van der Waals surface area contributed by atoms with Crippen molar-refractivity contribution >= 4 is 11.3 Å². The molecule has 0 atom stereocenters. The van der Waals surface area contributed by atoms with Gasteiger partial charge >= 0.3 is 0 Å². The van der Waals surface area contributed by atoms with E-state index in [9.17, 15) is 0 Å². The minimum absolute atomic E-state index is 0. The van der Waals surface area contributed by atoms with Crippen molar-refractivity contribution in [2.45, 2.75) is 6.92 Å². The van der Waals surface area contributed by atoms with Crippen LogP contribution in [-0.2, 0) is 20.1 Å². The van der Waals surface area contributed by atoms with Gasteiger partial charge in [0.15, 0.2) is 0 Å². The number of anilines is 1. The third-order valence-corrected chi connectivity index (χ3v) is 2.78. The van der Waals surface area contributed by atoms with Crippen LogP contribution in [0.4, 0.5) is 5.69 Å². The second-order valence-electron chi connectivity index (χ2n) is 3.96. The van der Waals surface area contributed by atoms with Gasteiger partial charge in [0.1, 0.15) is 0 Å². The summed E-state index contributed by atoms with van der Waals surface area (Å²) in [5.74, 6) is 0. The Labute approximate surface area is 110 Å².